The first kappa shape index (κ1) is 21.5. The number of alkyl carbamates (subject to hydrolysis) is 1. The lowest BCUT2D eigenvalue weighted by atomic mass is 9.96. The molecule has 1 fully saturated rings. The lowest BCUT2D eigenvalue weighted by Gasteiger charge is -2.34. The molecule has 2 amide bonds. The van der Waals surface area contributed by atoms with Gasteiger partial charge in [-0.1, -0.05) is 0 Å². The van der Waals surface area contributed by atoms with Crippen molar-refractivity contribution in [2.45, 2.75) is 39.2 Å². The third-order valence-electron chi connectivity index (χ3n) is 4.30. The van der Waals surface area contributed by atoms with Crippen molar-refractivity contribution in [2.24, 2.45) is 5.92 Å². The number of nitrogens with zero attached hydrogens (tertiary/aromatic N) is 2. The second-order valence-corrected chi connectivity index (χ2v) is 7.78. The number of benzene rings is 1. The molecule has 2 rings (SSSR count). The van der Waals surface area contributed by atoms with E-state index in [4.69, 9.17) is 10.00 Å². The van der Waals surface area contributed by atoms with E-state index in [0.717, 1.165) is 12.8 Å². The van der Waals surface area contributed by atoms with E-state index in [2.05, 4.69) is 10.6 Å². The summed E-state index contributed by atoms with van der Waals surface area (Å²) in [5.74, 6) is -0.836. The second-order valence-electron chi connectivity index (χ2n) is 7.78. The number of halogens is 1. The van der Waals surface area contributed by atoms with Crippen molar-refractivity contribution in [1.82, 2.24) is 10.6 Å². The van der Waals surface area contributed by atoms with Crippen LogP contribution in [0.25, 0.3) is 0 Å². The molecule has 0 spiro atoms. The summed E-state index contributed by atoms with van der Waals surface area (Å²) in [5.41, 5.74) is 0.104. The molecule has 1 heterocycles. The molecule has 2 N–H and O–H groups in total. The fourth-order valence-corrected chi connectivity index (χ4v) is 3.05. The Morgan fingerprint density at radius 1 is 1.32 bits per heavy atom. The van der Waals surface area contributed by atoms with Crippen molar-refractivity contribution in [3.63, 3.8) is 0 Å². The lowest BCUT2D eigenvalue weighted by Crippen LogP contribution is -2.45. The molecule has 1 saturated heterocycles. The number of ether oxygens (including phenoxy) is 1. The number of carbonyl (C=O) groups is 2. The van der Waals surface area contributed by atoms with E-state index in [9.17, 15) is 14.0 Å². The summed E-state index contributed by atoms with van der Waals surface area (Å²) in [5, 5.41) is 14.2. The average Bonchev–Trinajstić information content (AvgIpc) is 2.63. The van der Waals surface area contributed by atoms with Gasteiger partial charge in [-0.3, -0.25) is 4.79 Å². The van der Waals surface area contributed by atoms with Crippen molar-refractivity contribution < 1.29 is 18.7 Å². The number of nitrogens with one attached hydrogen (secondary N) is 2. The van der Waals surface area contributed by atoms with Crippen LogP contribution in [0.15, 0.2) is 18.2 Å². The van der Waals surface area contributed by atoms with E-state index in [1.54, 1.807) is 32.9 Å². The summed E-state index contributed by atoms with van der Waals surface area (Å²) in [6.45, 7) is 6.96. The summed E-state index contributed by atoms with van der Waals surface area (Å²) in [6.07, 6.45) is 0.967. The number of nitriles is 1. The second kappa shape index (κ2) is 9.40. The fourth-order valence-electron chi connectivity index (χ4n) is 3.05. The van der Waals surface area contributed by atoms with E-state index in [0.29, 0.717) is 25.3 Å². The zero-order valence-electron chi connectivity index (χ0n) is 16.5. The minimum atomic E-state index is -0.570. The SMILES string of the molecule is CC(C)(C)OC(=O)NCCNC(=O)C1CCCN(c2ccc(C#N)cc2F)C1. The van der Waals surface area contributed by atoms with Crippen LogP contribution < -0.4 is 15.5 Å². The quantitative estimate of drug-likeness (QED) is 0.754. The van der Waals surface area contributed by atoms with Gasteiger partial charge in [-0.15, -0.1) is 0 Å². The Kier molecular flexibility index (Phi) is 7.21. The van der Waals surface area contributed by atoms with Crippen LogP contribution in [0.3, 0.4) is 0 Å². The number of carbonyl (C=O) groups excluding carboxylic acids is 2. The van der Waals surface area contributed by atoms with Gasteiger partial charge < -0.3 is 20.3 Å². The highest BCUT2D eigenvalue weighted by atomic mass is 19.1. The van der Waals surface area contributed by atoms with E-state index >= 15 is 0 Å². The number of piperidine rings is 1. The van der Waals surface area contributed by atoms with Gasteiger partial charge in [-0.05, 0) is 51.8 Å². The van der Waals surface area contributed by atoms with Crippen LogP contribution in [0, 0.1) is 23.1 Å². The van der Waals surface area contributed by atoms with Gasteiger partial charge in [0.1, 0.15) is 11.4 Å². The number of amides is 2. The van der Waals surface area contributed by atoms with Gasteiger partial charge in [0.2, 0.25) is 5.91 Å². The Morgan fingerprint density at radius 2 is 2.04 bits per heavy atom. The maximum absolute atomic E-state index is 14.2. The Morgan fingerprint density at radius 3 is 2.68 bits per heavy atom. The van der Waals surface area contributed by atoms with Crippen molar-refractivity contribution in [3.8, 4) is 6.07 Å². The highest BCUT2D eigenvalue weighted by molar-refractivity contribution is 5.79. The molecule has 0 saturated carbocycles. The standard InChI is InChI=1S/C20H27FN4O3/c1-20(2,3)28-19(27)24-9-8-23-18(26)15-5-4-10-25(13-15)17-7-6-14(12-22)11-16(17)21/h6-7,11,15H,4-5,8-10,13H2,1-3H3,(H,23,26)(H,24,27). The molecule has 152 valence electrons. The molecule has 0 radical (unpaired) electrons. The van der Waals surface area contributed by atoms with E-state index in [1.807, 2.05) is 11.0 Å². The molecule has 0 aliphatic carbocycles. The van der Waals surface area contributed by atoms with Crippen LogP contribution in [-0.4, -0.2) is 43.8 Å². The molecule has 0 aromatic heterocycles. The van der Waals surface area contributed by atoms with Crippen LogP contribution in [0.4, 0.5) is 14.9 Å². The molecule has 28 heavy (non-hydrogen) atoms. The zero-order valence-corrected chi connectivity index (χ0v) is 16.5. The largest absolute Gasteiger partial charge is 0.444 e. The van der Waals surface area contributed by atoms with Gasteiger partial charge in [-0.25, -0.2) is 9.18 Å². The normalized spacial score (nSPS) is 16.8. The van der Waals surface area contributed by atoms with Gasteiger partial charge in [-0.2, -0.15) is 5.26 Å². The van der Waals surface area contributed by atoms with Crippen molar-refractivity contribution >= 4 is 17.7 Å². The maximum Gasteiger partial charge on any atom is 0.407 e. The highest BCUT2D eigenvalue weighted by Gasteiger charge is 2.27. The Balaban J connectivity index is 1.81. The molecule has 1 aliphatic heterocycles. The van der Waals surface area contributed by atoms with Gasteiger partial charge in [0.05, 0.1) is 23.2 Å². The van der Waals surface area contributed by atoms with E-state index < -0.39 is 17.5 Å². The maximum atomic E-state index is 14.2. The van der Waals surface area contributed by atoms with Crippen molar-refractivity contribution in [2.75, 3.05) is 31.1 Å². The van der Waals surface area contributed by atoms with Crippen LogP contribution in [0.5, 0.6) is 0 Å². The molecule has 1 atom stereocenters. The summed E-state index contributed by atoms with van der Waals surface area (Å²) < 4.78 is 19.4. The zero-order chi connectivity index (χ0) is 20.7. The van der Waals surface area contributed by atoms with Crippen molar-refractivity contribution in [3.05, 3.63) is 29.6 Å². The lowest BCUT2D eigenvalue weighted by molar-refractivity contribution is -0.125. The first-order valence-electron chi connectivity index (χ1n) is 9.39. The van der Waals surface area contributed by atoms with Gasteiger partial charge >= 0.3 is 6.09 Å². The highest BCUT2D eigenvalue weighted by Crippen LogP contribution is 2.26. The summed E-state index contributed by atoms with van der Waals surface area (Å²) in [4.78, 5) is 25.8. The Hall–Kier alpha value is -2.82. The topological polar surface area (TPSA) is 94.5 Å². The molecule has 0 bridgehead atoms. The first-order valence-corrected chi connectivity index (χ1v) is 9.39. The number of rotatable bonds is 5. The van der Waals surface area contributed by atoms with Crippen LogP contribution in [0.2, 0.25) is 0 Å². The smallest absolute Gasteiger partial charge is 0.407 e. The van der Waals surface area contributed by atoms with E-state index in [-0.39, 0.29) is 23.9 Å². The Bertz CT molecular complexity index is 755. The molecule has 7 nitrogen and oxygen atoms in total. The predicted molar refractivity (Wildman–Crippen MR) is 103 cm³/mol. The third-order valence-corrected chi connectivity index (χ3v) is 4.30. The number of anilines is 1. The minimum Gasteiger partial charge on any atom is -0.444 e. The molecule has 1 aromatic carbocycles. The molecule has 1 aliphatic rings. The van der Waals surface area contributed by atoms with Crippen LogP contribution in [-0.2, 0) is 9.53 Å². The van der Waals surface area contributed by atoms with E-state index in [1.165, 1.54) is 6.07 Å². The van der Waals surface area contributed by atoms with Gasteiger partial charge in [0.15, 0.2) is 0 Å². The predicted octanol–water partition coefficient (Wildman–Crippen LogP) is 2.55. The fraction of sp³-hybridized carbons (Fsp3) is 0.550. The average molecular weight is 390 g/mol. The van der Waals surface area contributed by atoms with Crippen LogP contribution >= 0.6 is 0 Å². The monoisotopic (exact) mass is 390 g/mol. The molecule has 1 unspecified atom stereocenters. The van der Waals surface area contributed by atoms with Gasteiger partial charge in [0, 0.05) is 26.2 Å². The Labute approximate surface area is 164 Å². The molecule has 1 aromatic rings. The minimum absolute atomic E-state index is 0.121. The number of hydrogen-bond donors (Lipinski definition) is 2. The summed E-state index contributed by atoms with van der Waals surface area (Å²) in [6, 6.07) is 6.28. The summed E-state index contributed by atoms with van der Waals surface area (Å²) >= 11 is 0. The summed E-state index contributed by atoms with van der Waals surface area (Å²) in [7, 11) is 0. The molecular formula is C20H27FN4O3. The number of hydrogen-bond acceptors (Lipinski definition) is 5. The van der Waals surface area contributed by atoms with Gasteiger partial charge in [0.25, 0.3) is 0 Å². The molecular weight excluding hydrogens is 363 g/mol. The first-order chi connectivity index (χ1) is 13.2. The van der Waals surface area contributed by atoms with Crippen molar-refractivity contribution in [1.29, 1.82) is 5.26 Å². The third kappa shape index (κ3) is 6.41. The molecule has 8 heteroatoms. The van der Waals surface area contributed by atoms with Crippen LogP contribution in [0.1, 0.15) is 39.2 Å².